The Hall–Kier alpha value is -0.0600. The molecule has 0 amide bonds. The van der Waals surface area contributed by atoms with Crippen molar-refractivity contribution < 1.29 is 4.74 Å². The standard InChI is InChI=1S/C6H8BrNOS/c1-9-4-8-6-2-5(7)3-10-6/h2-3,8H,4H2,1H3. The maximum atomic E-state index is 4.84. The molecule has 4 heteroatoms. The molecule has 0 atom stereocenters. The predicted octanol–water partition coefficient (Wildman–Crippen LogP) is 2.53. The topological polar surface area (TPSA) is 21.3 Å². The highest BCUT2D eigenvalue weighted by molar-refractivity contribution is 9.10. The summed E-state index contributed by atoms with van der Waals surface area (Å²) in [6, 6.07) is 2.02. The van der Waals surface area contributed by atoms with E-state index in [0.29, 0.717) is 6.73 Å². The van der Waals surface area contributed by atoms with Gasteiger partial charge in [0.15, 0.2) is 0 Å². The highest BCUT2D eigenvalue weighted by Crippen LogP contribution is 2.23. The fourth-order valence-electron chi connectivity index (χ4n) is 0.549. The van der Waals surface area contributed by atoms with E-state index in [-0.39, 0.29) is 0 Å². The first-order valence-corrected chi connectivity index (χ1v) is 4.47. The van der Waals surface area contributed by atoms with Gasteiger partial charge in [0.05, 0.1) is 5.00 Å². The van der Waals surface area contributed by atoms with E-state index in [9.17, 15) is 0 Å². The zero-order valence-corrected chi connectivity index (χ0v) is 7.96. The van der Waals surface area contributed by atoms with Gasteiger partial charge in [-0.1, -0.05) is 0 Å². The molecule has 2 nitrogen and oxygen atoms in total. The molecule has 0 saturated carbocycles. The molecular weight excluding hydrogens is 214 g/mol. The molecule has 1 heterocycles. The van der Waals surface area contributed by atoms with Crippen LogP contribution in [0.5, 0.6) is 0 Å². The molecule has 0 unspecified atom stereocenters. The molecule has 1 aromatic heterocycles. The number of thiophene rings is 1. The summed E-state index contributed by atoms with van der Waals surface area (Å²) in [7, 11) is 1.66. The third kappa shape index (κ3) is 2.28. The van der Waals surface area contributed by atoms with Crippen LogP contribution in [0.1, 0.15) is 0 Å². The molecular formula is C6H8BrNOS. The highest BCUT2D eigenvalue weighted by Gasteiger charge is 1.93. The van der Waals surface area contributed by atoms with Crippen LogP contribution >= 0.6 is 27.3 Å². The minimum Gasteiger partial charge on any atom is -0.365 e. The first kappa shape index (κ1) is 8.04. The predicted molar refractivity (Wildman–Crippen MR) is 47.5 cm³/mol. The van der Waals surface area contributed by atoms with Crippen LogP contribution in [0.4, 0.5) is 5.00 Å². The Morgan fingerprint density at radius 1 is 1.80 bits per heavy atom. The molecule has 1 rings (SSSR count). The summed E-state index contributed by atoms with van der Waals surface area (Å²) in [5, 5.41) is 6.23. The Balaban J connectivity index is 2.42. The number of hydrogen-bond acceptors (Lipinski definition) is 3. The summed E-state index contributed by atoms with van der Waals surface area (Å²) in [5.74, 6) is 0. The molecule has 0 aliphatic rings. The van der Waals surface area contributed by atoms with Gasteiger partial charge >= 0.3 is 0 Å². The fourth-order valence-corrected chi connectivity index (χ4v) is 1.85. The van der Waals surface area contributed by atoms with Gasteiger partial charge in [-0.15, -0.1) is 11.3 Å². The van der Waals surface area contributed by atoms with Crippen molar-refractivity contribution in [3.8, 4) is 0 Å². The zero-order valence-electron chi connectivity index (χ0n) is 5.56. The third-order valence-electron chi connectivity index (χ3n) is 0.958. The van der Waals surface area contributed by atoms with Crippen molar-refractivity contribution in [2.45, 2.75) is 0 Å². The van der Waals surface area contributed by atoms with Crippen LogP contribution in [0.3, 0.4) is 0 Å². The number of rotatable bonds is 3. The molecule has 0 fully saturated rings. The second-order valence-electron chi connectivity index (χ2n) is 1.74. The summed E-state index contributed by atoms with van der Waals surface area (Å²) in [5.41, 5.74) is 0. The Kier molecular flexibility index (Phi) is 3.18. The van der Waals surface area contributed by atoms with Gasteiger partial charge in [-0.05, 0) is 22.0 Å². The van der Waals surface area contributed by atoms with E-state index < -0.39 is 0 Å². The van der Waals surface area contributed by atoms with Crippen LogP contribution in [0.2, 0.25) is 0 Å². The van der Waals surface area contributed by atoms with Crippen LogP contribution in [-0.2, 0) is 4.74 Å². The molecule has 0 bridgehead atoms. The molecule has 10 heavy (non-hydrogen) atoms. The molecule has 0 spiro atoms. The Labute approximate surface area is 72.3 Å². The number of nitrogens with one attached hydrogen (secondary N) is 1. The average Bonchev–Trinajstić information content (AvgIpc) is 2.31. The van der Waals surface area contributed by atoms with Crippen molar-refractivity contribution in [1.82, 2.24) is 0 Å². The summed E-state index contributed by atoms with van der Waals surface area (Å²) >= 11 is 5.01. The van der Waals surface area contributed by atoms with Crippen LogP contribution in [0, 0.1) is 0 Å². The van der Waals surface area contributed by atoms with Gasteiger partial charge in [-0.25, -0.2) is 0 Å². The molecule has 0 aliphatic heterocycles. The van der Waals surface area contributed by atoms with Gasteiger partial charge in [-0.3, -0.25) is 0 Å². The number of methoxy groups -OCH3 is 1. The Morgan fingerprint density at radius 3 is 3.10 bits per heavy atom. The van der Waals surface area contributed by atoms with Gasteiger partial charge in [0, 0.05) is 17.0 Å². The molecule has 0 radical (unpaired) electrons. The number of anilines is 1. The second kappa shape index (κ2) is 3.95. The van der Waals surface area contributed by atoms with Gasteiger partial charge < -0.3 is 10.1 Å². The van der Waals surface area contributed by atoms with Crippen molar-refractivity contribution in [3.05, 3.63) is 15.9 Å². The van der Waals surface area contributed by atoms with Crippen molar-refractivity contribution in [3.63, 3.8) is 0 Å². The summed E-state index contributed by atoms with van der Waals surface area (Å²) in [4.78, 5) is 0. The van der Waals surface area contributed by atoms with Crippen LogP contribution in [-0.4, -0.2) is 13.8 Å². The number of ether oxygens (including phenoxy) is 1. The summed E-state index contributed by atoms with van der Waals surface area (Å²) < 4.78 is 5.94. The van der Waals surface area contributed by atoms with Crippen molar-refractivity contribution in [2.75, 3.05) is 19.2 Å². The van der Waals surface area contributed by atoms with E-state index in [2.05, 4.69) is 21.2 Å². The molecule has 56 valence electrons. The lowest BCUT2D eigenvalue weighted by molar-refractivity contribution is 0.221. The average molecular weight is 222 g/mol. The van der Waals surface area contributed by atoms with Gasteiger partial charge in [0.2, 0.25) is 0 Å². The van der Waals surface area contributed by atoms with Gasteiger partial charge in [0.1, 0.15) is 6.73 Å². The zero-order chi connectivity index (χ0) is 7.40. The van der Waals surface area contributed by atoms with E-state index >= 15 is 0 Å². The minimum absolute atomic E-state index is 0.562. The van der Waals surface area contributed by atoms with E-state index in [1.807, 2.05) is 11.4 Å². The van der Waals surface area contributed by atoms with Gasteiger partial charge in [-0.2, -0.15) is 0 Å². The monoisotopic (exact) mass is 221 g/mol. The normalized spacial score (nSPS) is 9.80. The molecule has 1 aromatic rings. The van der Waals surface area contributed by atoms with Crippen molar-refractivity contribution >= 4 is 32.3 Å². The first-order chi connectivity index (χ1) is 4.83. The van der Waals surface area contributed by atoms with Crippen molar-refractivity contribution in [1.29, 1.82) is 0 Å². The molecule has 0 aromatic carbocycles. The van der Waals surface area contributed by atoms with Crippen LogP contribution < -0.4 is 5.32 Å². The fraction of sp³-hybridized carbons (Fsp3) is 0.333. The molecule has 0 aliphatic carbocycles. The second-order valence-corrected chi connectivity index (χ2v) is 3.57. The maximum Gasteiger partial charge on any atom is 0.116 e. The highest BCUT2D eigenvalue weighted by atomic mass is 79.9. The maximum absolute atomic E-state index is 4.84. The summed E-state index contributed by atoms with van der Waals surface area (Å²) in [6.45, 7) is 0.562. The van der Waals surface area contributed by atoms with E-state index in [0.717, 1.165) is 9.47 Å². The quantitative estimate of drug-likeness (QED) is 0.793. The van der Waals surface area contributed by atoms with E-state index in [4.69, 9.17) is 4.74 Å². The number of halogens is 1. The smallest absolute Gasteiger partial charge is 0.116 e. The molecule has 1 N–H and O–H groups in total. The van der Waals surface area contributed by atoms with E-state index in [1.165, 1.54) is 0 Å². The SMILES string of the molecule is COCNc1cc(Br)cs1. The Bertz CT molecular complexity index is 201. The largest absolute Gasteiger partial charge is 0.365 e. The van der Waals surface area contributed by atoms with Crippen molar-refractivity contribution in [2.24, 2.45) is 0 Å². The van der Waals surface area contributed by atoms with Crippen LogP contribution in [0.15, 0.2) is 15.9 Å². The number of hydrogen-bond donors (Lipinski definition) is 1. The van der Waals surface area contributed by atoms with Gasteiger partial charge in [0.25, 0.3) is 0 Å². The van der Waals surface area contributed by atoms with E-state index in [1.54, 1.807) is 18.4 Å². The van der Waals surface area contributed by atoms with Crippen LogP contribution in [0.25, 0.3) is 0 Å². The summed E-state index contributed by atoms with van der Waals surface area (Å²) in [6.07, 6.45) is 0. The minimum atomic E-state index is 0.562. The lowest BCUT2D eigenvalue weighted by Crippen LogP contribution is -2.00. The lowest BCUT2D eigenvalue weighted by Gasteiger charge is -1.98. The lowest BCUT2D eigenvalue weighted by atomic mass is 10.6. The first-order valence-electron chi connectivity index (χ1n) is 2.80. The Morgan fingerprint density at radius 2 is 2.60 bits per heavy atom. The molecule has 0 saturated heterocycles. The third-order valence-corrected chi connectivity index (χ3v) is 2.61.